The van der Waals surface area contributed by atoms with Crippen molar-refractivity contribution in [3.63, 3.8) is 0 Å². The average Bonchev–Trinajstić information content (AvgIpc) is 2.22. The first-order valence-electron chi connectivity index (χ1n) is 5.33. The van der Waals surface area contributed by atoms with E-state index < -0.39 is 0 Å². The van der Waals surface area contributed by atoms with Gasteiger partial charge in [-0.15, -0.1) is 0 Å². The molecule has 1 aromatic carbocycles. The Labute approximate surface area is 95.8 Å². The van der Waals surface area contributed by atoms with Gasteiger partial charge in [-0.25, -0.2) is 4.39 Å². The van der Waals surface area contributed by atoms with Crippen molar-refractivity contribution < 1.29 is 4.39 Å². The maximum atomic E-state index is 13.3. The van der Waals surface area contributed by atoms with Crippen molar-refractivity contribution in [1.29, 1.82) is 0 Å². The van der Waals surface area contributed by atoms with E-state index in [9.17, 15) is 4.39 Å². The van der Waals surface area contributed by atoms with E-state index >= 15 is 0 Å². The molecule has 0 nitrogen and oxygen atoms in total. The van der Waals surface area contributed by atoms with Crippen molar-refractivity contribution in [3.05, 3.63) is 40.7 Å². The average molecular weight is 227 g/mol. The highest BCUT2D eigenvalue weighted by atomic mass is 35.5. The fraction of sp³-hybridized carbons (Fsp3) is 0.385. The molecule has 0 saturated heterocycles. The number of allylic oxidation sites excluding steroid dienone is 2. The molecule has 0 aliphatic carbocycles. The second kappa shape index (κ2) is 5.92. The highest BCUT2D eigenvalue weighted by Gasteiger charge is 2.04. The summed E-state index contributed by atoms with van der Waals surface area (Å²) in [5.41, 5.74) is 2.15. The van der Waals surface area contributed by atoms with Crippen molar-refractivity contribution in [2.24, 2.45) is 0 Å². The highest BCUT2D eigenvalue weighted by molar-refractivity contribution is 6.30. The Balaban J connectivity index is 3.01. The zero-order valence-corrected chi connectivity index (χ0v) is 9.94. The summed E-state index contributed by atoms with van der Waals surface area (Å²) < 4.78 is 13.3. The van der Waals surface area contributed by atoms with Crippen molar-refractivity contribution in [3.8, 4) is 0 Å². The fourth-order valence-corrected chi connectivity index (χ4v) is 1.69. The van der Waals surface area contributed by atoms with Gasteiger partial charge in [-0.3, -0.25) is 0 Å². The van der Waals surface area contributed by atoms with Crippen molar-refractivity contribution in [2.45, 2.75) is 33.1 Å². The molecular formula is C13H16ClF. The Morgan fingerprint density at radius 3 is 2.67 bits per heavy atom. The van der Waals surface area contributed by atoms with Crippen LogP contribution in [0.2, 0.25) is 5.02 Å². The standard InChI is InChI=1S/C13H16ClF/c1-3-5-10(6-4-2)11-7-8-12(14)13(15)9-11/h5,7-9H,3-4,6H2,1-2H3/b10-5+. The van der Waals surface area contributed by atoms with Gasteiger partial charge in [-0.05, 0) is 36.1 Å². The molecule has 0 aliphatic heterocycles. The second-order valence-corrected chi connectivity index (χ2v) is 3.92. The second-order valence-electron chi connectivity index (χ2n) is 3.52. The Hall–Kier alpha value is -0.820. The van der Waals surface area contributed by atoms with Crippen LogP contribution in [-0.4, -0.2) is 0 Å². The minimum Gasteiger partial charge on any atom is -0.205 e. The largest absolute Gasteiger partial charge is 0.205 e. The van der Waals surface area contributed by atoms with E-state index in [2.05, 4.69) is 19.9 Å². The topological polar surface area (TPSA) is 0 Å². The van der Waals surface area contributed by atoms with Crippen LogP contribution in [0, 0.1) is 5.82 Å². The molecule has 0 unspecified atom stereocenters. The summed E-state index contributed by atoms with van der Waals surface area (Å²) in [5, 5.41) is 0.186. The van der Waals surface area contributed by atoms with E-state index in [4.69, 9.17) is 11.6 Å². The maximum absolute atomic E-state index is 13.3. The molecule has 15 heavy (non-hydrogen) atoms. The first-order chi connectivity index (χ1) is 7.19. The Morgan fingerprint density at radius 1 is 1.40 bits per heavy atom. The van der Waals surface area contributed by atoms with Crippen LogP contribution in [0.5, 0.6) is 0 Å². The van der Waals surface area contributed by atoms with E-state index in [1.807, 2.05) is 6.07 Å². The number of hydrogen-bond donors (Lipinski definition) is 0. The molecule has 0 amide bonds. The summed E-state index contributed by atoms with van der Waals surface area (Å²) in [6, 6.07) is 5.01. The zero-order chi connectivity index (χ0) is 11.3. The Bertz CT molecular complexity index is 356. The van der Waals surface area contributed by atoms with Gasteiger partial charge in [0.25, 0.3) is 0 Å². The van der Waals surface area contributed by atoms with Gasteiger partial charge in [0.1, 0.15) is 5.82 Å². The number of halogens is 2. The van der Waals surface area contributed by atoms with Crippen LogP contribution < -0.4 is 0 Å². The van der Waals surface area contributed by atoms with Crippen molar-refractivity contribution in [1.82, 2.24) is 0 Å². The highest BCUT2D eigenvalue weighted by Crippen LogP contribution is 2.24. The van der Waals surface area contributed by atoms with E-state index in [1.54, 1.807) is 6.07 Å². The van der Waals surface area contributed by atoms with E-state index in [0.29, 0.717) is 0 Å². The lowest BCUT2D eigenvalue weighted by Gasteiger charge is -2.07. The van der Waals surface area contributed by atoms with Crippen LogP contribution >= 0.6 is 11.6 Å². The van der Waals surface area contributed by atoms with E-state index in [0.717, 1.165) is 24.8 Å². The van der Waals surface area contributed by atoms with Crippen LogP contribution in [0.1, 0.15) is 38.7 Å². The molecule has 0 radical (unpaired) electrons. The van der Waals surface area contributed by atoms with Crippen molar-refractivity contribution in [2.75, 3.05) is 0 Å². The summed E-state index contributed by atoms with van der Waals surface area (Å²) >= 11 is 5.65. The molecule has 1 rings (SSSR count). The van der Waals surface area contributed by atoms with Gasteiger partial charge in [0.15, 0.2) is 0 Å². The van der Waals surface area contributed by atoms with E-state index in [-0.39, 0.29) is 10.8 Å². The smallest absolute Gasteiger partial charge is 0.142 e. The summed E-state index contributed by atoms with van der Waals surface area (Å²) in [4.78, 5) is 0. The van der Waals surface area contributed by atoms with Gasteiger partial charge in [0, 0.05) is 0 Å². The van der Waals surface area contributed by atoms with Gasteiger partial charge in [0.05, 0.1) is 5.02 Å². The fourth-order valence-electron chi connectivity index (χ4n) is 1.58. The molecule has 0 atom stereocenters. The predicted octanol–water partition coefficient (Wildman–Crippen LogP) is 5.07. The Morgan fingerprint density at radius 2 is 2.13 bits per heavy atom. The van der Waals surface area contributed by atoms with Gasteiger partial charge in [-0.1, -0.05) is 44.0 Å². The molecule has 0 heterocycles. The van der Waals surface area contributed by atoms with Crippen LogP contribution in [0.15, 0.2) is 24.3 Å². The molecule has 0 aliphatic rings. The normalized spacial score (nSPS) is 11.9. The number of benzene rings is 1. The lowest BCUT2D eigenvalue weighted by molar-refractivity contribution is 0.627. The van der Waals surface area contributed by atoms with Gasteiger partial charge in [0.2, 0.25) is 0 Å². The maximum Gasteiger partial charge on any atom is 0.142 e. The first-order valence-corrected chi connectivity index (χ1v) is 5.71. The van der Waals surface area contributed by atoms with Crippen LogP contribution in [-0.2, 0) is 0 Å². The van der Waals surface area contributed by atoms with E-state index in [1.165, 1.54) is 11.6 Å². The first kappa shape index (κ1) is 12.3. The summed E-state index contributed by atoms with van der Waals surface area (Å²) in [5.74, 6) is -0.340. The monoisotopic (exact) mass is 226 g/mol. The molecule has 82 valence electrons. The minimum atomic E-state index is -0.340. The zero-order valence-electron chi connectivity index (χ0n) is 9.19. The number of rotatable bonds is 4. The molecular weight excluding hydrogens is 211 g/mol. The third-order valence-corrected chi connectivity index (χ3v) is 2.57. The molecule has 0 fully saturated rings. The summed E-state index contributed by atoms with van der Waals surface area (Å²) in [6.45, 7) is 4.21. The molecule has 0 spiro atoms. The minimum absolute atomic E-state index is 0.186. The summed E-state index contributed by atoms with van der Waals surface area (Å²) in [6.07, 6.45) is 5.16. The third-order valence-electron chi connectivity index (χ3n) is 2.26. The Kier molecular flexibility index (Phi) is 4.83. The third kappa shape index (κ3) is 3.35. The number of hydrogen-bond acceptors (Lipinski definition) is 0. The van der Waals surface area contributed by atoms with Crippen LogP contribution in [0.25, 0.3) is 5.57 Å². The predicted molar refractivity (Wildman–Crippen MR) is 64.6 cm³/mol. The molecule has 0 N–H and O–H groups in total. The molecule has 1 aromatic rings. The van der Waals surface area contributed by atoms with Crippen LogP contribution in [0.3, 0.4) is 0 Å². The lowest BCUT2D eigenvalue weighted by atomic mass is 10.0. The quantitative estimate of drug-likeness (QED) is 0.672. The van der Waals surface area contributed by atoms with Gasteiger partial charge >= 0.3 is 0 Å². The molecule has 0 saturated carbocycles. The lowest BCUT2D eigenvalue weighted by Crippen LogP contribution is -1.87. The molecule has 0 bridgehead atoms. The van der Waals surface area contributed by atoms with Gasteiger partial charge in [-0.2, -0.15) is 0 Å². The van der Waals surface area contributed by atoms with Crippen LogP contribution in [0.4, 0.5) is 4.39 Å². The SMILES string of the molecule is CC/C=C(\CCC)c1ccc(Cl)c(F)c1. The van der Waals surface area contributed by atoms with Gasteiger partial charge < -0.3 is 0 Å². The molecule has 2 heteroatoms. The van der Waals surface area contributed by atoms with Crippen molar-refractivity contribution >= 4 is 17.2 Å². The molecule has 0 aromatic heterocycles. The summed E-state index contributed by atoms with van der Waals surface area (Å²) in [7, 11) is 0.